The molecular weight excluding hydrogens is 509 g/mol. The van der Waals surface area contributed by atoms with Crippen molar-refractivity contribution < 1.29 is 51.5 Å². The lowest BCUT2D eigenvalue weighted by molar-refractivity contribution is -0.0502. The summed E-state index contributed by atoms with van der Waals surface area (Å²) in [6, 6.07) is 1.50. The van der Waals surface area contributed by atoms with Crippen LogP contribution in [0.2, 0.25) is 0 Å². The van der Waals surface area contributed by atoms with Crippen molar-refractivity contribution in [2.45, 2.75) is 17.9 Å². The minimum atomic E-state index is -6.11. The van der Waals surface area contributed by atoms with Crippen LogP contribution in [-0.2, 0) is 20.2 Å². The largest absolute Gasteiger partial charge is 0.534 e. The van der Waals surface area contributed by atoms with Gasteiger partial charge in [-0.1, -0.05) is 0 Å². The molecule has 0 fully saturated rings. The van der Waals surface area contributed by atoms with Gasteiger partial charge in [-0.2, -0.15) is 43.2 Å². The van der Waals surface area contributed by atoms with E-state index in [0.29, 0.717) is 0 Å². The Morgan fingerprint density at radius 1 is 0.833 bits per heavy atom. The highest BCUT2D eigenvalue weighted by Gasteiger charge is 2.50. The standard InChI is InChI=1S/C9H5F6IO6S2/c1-4-2-5(21-23(17,18)8(10,11)12)7(16)6(3-4)22-24(19,20)9(13,14)15/h2-3H,1H3. The monoisotopic (exact) mass is 514 g/mol. The number of aryl methyl sites for hydroxylation is 1. The van der Waals surface area contributed by atoms with E-state index >= 15 is 0 Å². The Hall–Kier alpha value is -0.970. The van der Waals surface area contributed by atoms with Crippen LogP contribution >= 0.6 is 22.6 Å². The average molecular weight is 514 g/mol. The highest BCUT2D eigenvalue weighted by molar-refractivity contribution is 14.1. The summed E-state index contributed by atoms with van der Waals surface area (Å²) < 4.78 is 124. The van der Waals surface area contributed by atoms with E-state index in [0.717, 1.165) is 41.6 Å². The van der Waals surface area contributed by atoms with Crippen molar-refractivity contribution in [2.75, 3.05) is 0 Å². The van der Waals surface area contributed by atoms with Gasteiger partial charge >= 0.3 is 31.3 Å². The van der Waals surface area contributed by atoms with Gasteiger partial charge in [0.25, 0.3) is 0 Å². The lowest BCUT2D eigenvalue weighted by Crippen LogP contribution is -2.29. The summed E-state index contributed by atoms with van der Waals surface area (Å²) in [7, 11) is -12.2. The first-order valence-corrected chi connectivity index (χ1v) is 9.19. The van der Waals surface area contributed by atoms with Crippen LogP contribution < -0.4 is 8.37 Å². The molecule has 15 heteroatoms. The van der Waals surface area contributed by atoms with Crippen molar-refractivity contribution in [3.05, 3.63) is 21.3 Å². The number of rotatable bonds is 4. The second kappa shape index (κ2) is 6.40. The van der Waals surface area contributed by atoms with E-state index in [1.807, 2.05) is 0 Å². The minimum Gasteiger partial charge on any atom is -0.375 e. The van der Waals surface area contributed by atoms with Crippen LogP contribution in [0.3, 0.4) is 0 Å². The highest BCUT2D eigenvalue weighted by atomic mass is 127. The predicted octanol–water partition coefficient (Wildman–Crippen LogP) is 3.06. The van der Waals surface area contributed by atoms with E-state index in [2.05, 4.69) is 8.37 Å². The van der Waals surface area contributed by atoms with Crippen LogP contribution in [0.5, 0.6) is 11.5 Å². The molecule has 0 aliphatic rings. The molecule has 1 aromatic carbocycles. The van der Waals surface area contributed by atoms with Crippen molar-refractivity contribution in [2.24, 2.45) is 0 Å². The SMILES string of the molecule is Cc1cc(OS(=O)(=O)C(F)(F)F)c(I)c(OS(=O)(=O)C(F)(F)F)c1. The summed E-state index contributed by atoms with van der Waals surface area (Å²) in [4.78, 5) is 0. The molecule has 0 amide bonds. The van der Waals surface area contributed by atoms with E-state index in [4.69, 9.17) is 0 Å². The Bertz CT molecular complexity index is 775. The fourth-order valence-electron chi connectivity index (χ4n) is 1.16. The number of hydrogen-bond donors (Lipinski definition) is 0. The van der Waals surface area contributed by atoms with Gasteiger partial charge in [0.05, 0.1) is 0 Å². The van der Waals surface area contributed by atoms with Crippen LogP contribution in [-0.4, -0.2) is 27.9 Å². The zero-order chi connectivity index (χ0) is 19.1. The molecule has 0 spiro atoms. The molecule has 0 heterocycles. The van der Waals surface area contributed by atoms with Crippen molar-refractivity contribution in [1.29, 1.82) is 0 Å². The van der Waals surface area contributed by atoms with E-state index in [9.17, 15) is 43.2 Å². The van der Waals surface area contributed by atoms with Crippen LogP contribution in [0, 0.1) is 10.5 Å². The molecule has 24 heavy (non-hydrogen) atoms. The van der Waals surface area contributed by atoms with Gasteiger partial charge in [0.1, 0.15) is 3.57 Å². The van der Waals surface area contributed by atoms with Gasteiger partial charge in [-0.05, 0) is 47.2 Å². The van der Waals surface area contributed by atoms with Crippen LogP contribution in [0.25, 0.3) is 0 Å². The number of hydrogen-bond acceptors (Lipinski definition) is 6. The Balaban J connectivity index is 3.38. The normalized spacial score (nSPS) is 13.7. The first-order valence-electron chi connectivity index (χ1n) is 5.29. The molecule has 1 aromatic rings. The van der Waals surface area contributed by atoms with E-state index in [1.165, 1.54) is 0 Å². The van der Waals surface area contributed by atoms with E-state index in [1.54, 1.807) is 0 Å². The molecule has 0 atom stereocenters. The Morgan fingerprint density at radius 2 is 1.12 bits per heavy atom. The van der Waals surface area contributed by atoms with Gasteiger partial charge in [0.2, 0.25) is 0 Å². The van der Waals surface area contributed by atoms with E-state index < -0.39 is 46.3 Å². The molecule has 0 bridgehead atoms. The second-order valence-electron chi connectivity index (χ2n) is 4.04. The summed E-state index contributed by atoms with van der Waals surface area (Å²) in [6.45, 7) is 1.14. The summed E-state index contributed by atoms with van der Waals surface area (Å²) in [5, 5.41) is 0. The Morgan fingerprint density at radius 3 is 1.38 bits per heavy atom. The minimum absolute atomic E-state index is 0.116. The van der Waals surface area contributed by atoms with Gasteiger partial charge in [-0.15, -0.1) is 0 Å². The quantitative estimate of drug-likeness (QED) is 0.266. The summed E-state index contributed by atoms with van der Waals surface area (Å²) in [6.07, 6.45) is 0. The van der Waals surface area contributed by atoms with Crippen LogP contribution in [0.1, 0.15) is 5.56 Å². The van der Waals surface area contributed by atoms with Crippen LogP contribution in [0.15, 0.2) is 12.1 Å². The topological polar surface area (TPSA) is 86.7 Å². The van der Waals surface area contributed by atoms with Gasteiger partial charge < -0.3 is 8.37 Å². The molecule has 138 valence electrons. The molecule has 0 radical (unpaired) electrons. The molecule has 0 unspecified atom stereocenters. The Labute approximate surface area is 145 Å². The lowest BCUT2D eigenvalue weighted by atomic mass is 10.2. The van der Waals surface area contributed by atoms with Gasteiger partial charge in [-0.3, -0.25) is 0 Å². The zero-order valence-electron chi connectivity index (χ0n) is 11.1. The molecule has 6 nitrogen and oxygen atoms in total. The van der Waals surface area contributed by atoms with Crippen molar-refractivity contribution in [3.63, 3.8) is 0 Å². The van der Waals surface area contributed by atoms with Crippen molar-refractivity contribution >= 4 is 42.8 Å². The van der Waals surface area contributed by atoms with Gasteiger partial charge in [0, 0.05) is 0 Å². The van der Waals surface area contributed by atoms with Crippen LogP contribution in [0.4, 0.5) is 26.3 Å². The fourth-order valence-corrected chi connectivity index (χ4v) is 2.91. The maximum atomic E-state index is 12.3. The number of alkyl halides is 6. The smallest absolute Gasteiger partial charge is 0.375 e. The zero-order valence-corrected chi connectivity index (χ0v) is 14.9. The summed E-state index contributed by atoms with van der Waals surface area (Å²) in [5.41, 5.74) is -11.7. The van der Waals surface area contributed by atoms with Crippen molar-refractivity contribution in [1.82, 2.24) is 0 Å². The third kappa shape index (κ3) is 4.56. The average Bonchev–Trinajstić information content (AvgIpc) is 2.31. The summed E-state index contributed by atoms with van der Waals surface area (Å²) >= 11 is 1.08. The molecule has 0 aliphatic heterocycles. The second-order valence-corrected chi connectivity index (χ2v) is 8.20. The summed E-state index contributed by atoms with van der Waals surface area (Å²) in [5.74, 6) is -2.08. The Kier molecular flexibility index (Phi) is 5.62. The molecular formula is C9H5F6IO6S2. The lowest BCUT2D eigenvalue weighted by Gasteiger charge is -2.15. The maximum Gasteiger partial charge on any atom is 0.534 e. The molecule has 0 N–H and O–H groups in total. The molecule has 0 aliphatic carbocycles. The van der Waals surface area contributed by atoms with E-state index in [-0.39, 0.29) is 5.56 Å². The third-order valence-corrected chi connectivity index (χ3v) is 5.11. The first-order chi connectivity index (χ1) is 10.5. The first kappa shape index (κ1) is 21.1. The number of benzene rings is 1. The number of halogens is 7. The fraction of sp³-hybridized carbons (Fsp3) is 0.333. The molecule has 0 saturated carbocycles. The molecule has 0 saturated heterocycles. The maximum absolute atomic E-state index is 12.3. The predicted molar refractivity (Wildman–Crippen MR) is 75.1 cm³/mol. The van der Waals surface area contributed by atoms with Gasteiger partial charge in [0.15, 0.2) is 11.5 Å². The highest BCUT2D eigenvalue weighted by Crippen LogP contribution is 2.37. The third-order valence-electron chi connectivity index (χ3n) is 2.12. The van der Waals surface area contributed by atoms with Gasteiger partial charge in [-0.25, -0.2) is 0 Å². The molecule has 1 rings (SSSR count). The molecule has 0 aromatic heterocycles. The van der Waals surface area contributed by atoms with Crippen molar-refractivity contribution in [3.8, 4) is 11.5 Å².